The van der Waals surface area contributed by atoms with Crippen molar-refractivity contribution in [2.45, 2.75) is 13.0 Å². The van der Waals surface area contributed by atoms with Crippen LogP contribution in [0.1, 0.15) is 11.3 Å². The van der Waals surface area contributed by atoms with Gasteiger partial charge >= 0.3 is 0 Å². The van der Waals surface area contributed by atoms with Gasteiger partial charge in [0.2, 0.25) is 0 Å². The third kappa shape index (κ3) is 3.05. The fourth-order valence-corrected chi connectivity index (χ4v) is 2.67. The number of hydrogen-bond acceptors (Lipinski definition) is 5. The van der Waals surface area contributed by atoms with Crippen LogP contribution in [0.5, 0.6) is 11.5 Å². The van der Waals surface area contributed by atoms with E-state index in [1.54, 1.807) is 11.3 Å². The van der Waals surface area contributed by atoms with Crippen molar-refractivity contribution in [1.82, 2.24) is 10.3 Å². The molecule has 2 aromatic rings. The molecule has 1 aliphatic heterocycles. The molecule has 0 fully saturated rings. The maximum atomic E-state index is 5.68. The maximum absolute atomic E-state index is 5.68. The van der Waals surface area contributed by atoms with Crippen LogP contribution in [0, 0.1) is 0 Å². The highest BCUT2D eigenvalue weighted by atomic mass is 32.1. The van der Waals surface area contributed by atoms with Gasteiger partial charge in [-0.25, -0.2) is 4.98 Å². The molecule has 0 saturated carbocycles. The minimum atomic E-state index is 0.628. The van der Waals surface area contributed by atoms with E-state index in [0.29, 0.717) is 13.2 Å². The zero-order valence-corrected chi connectivity index (χ0v) is 11.4. The molecule has 19 heavy (non-hydrogen) atoms. The van der Waals surface area contributed by atoms with E-state index in [1.165, 1.54) is 0 Å². The van der Waals surface area contributed by atoms with Crippen LogP contribution >= 0.6 is 11.3 Å². The summed E-state index contributed by atoms with van der Waals surface area (Å²) in [6, 6.07) is 6.03. The minimum Gasteiger partial charge on any atom is -0.486 e. The molecule has 0 aliphatic carbocycles. The van der Waals surface area contributed by atoms with Gasteiger partial charge in [-0.15, -0.1) is 11.3 Å². The number of thiazole rings is 1. The molecule has 3 rings (SSSR count). The summed E-state index contributed by atoms with van der Waals surface area (Å²) in [4.78, 5) is 4.26. The Morgan fingerprint density at radius 3 is 3.11 bits per heavy atom. The second-order valence-corrected chi connectivity index (χ2v) is 5.07. The van der Waals surface area contributed by atoms with Crippen LogP contribution in [0.15, 0.2) is 29.1 Å². The SMILES string of the molecule is c1cc(CNCCc2cscn2)c2c(c1)OCCO2. The normalized spacial score (nSPS) is 13.5. The third-order valence-corrected chi connectivity index (χ3v) is 3.64. The molecule has 0 unspecified atom stereocenters. The molecule has 100 valence electrons. The Balaban J connectivity index is 1.55. The van der Waals surface area contributed by atoms with Crippen LogP contribution in [0.4, 0.5) is 0 Å². The van der Waals surface area contributed by atoms with Gasteiger partial charge in [0.15, 0.2) is 11.5 Å². The fourth-order valence-electron chi connectivity index (χ4n) is 2.07. The minimum absolute atomic E-state index is 0.628. The van der Waals surface area contributed by atoms with E-state index in [4.69, 9.17) is 9.47 Å². The number of nitrogens with zero attached hydrogens (tertiary/aromatic N) is 1. The molecule has 0 atom stereocenters. The molecular weight excluding hydrogens is 260 g/mol. The predicted octanol–water partition coefficient (Wildman–Crippen LogP) is 2.25. The lowest BCUT2D eigenvalue weighted by atomic mass is 10.1. The van der Waals surface area contributed by atoms with E-state index in [9.17, 15) is 0 Å². The molecule has 1 aliphatic rings. The van der Waals surface area contributed by atoms with E-state index in [2.05, 4.69) is 21.7 Å². The van der Waals surface area contributed by atoms with Gasteiger partial charge in [-0.2, -0.15) is 0 Å². The van der Waals surface area contributed by atoms with Crippen LogP contribution in [0.2, 0.25) is 0 Å². The van der Waals surface area contributed by atoms with Gasteiger partial charge in [0.1, 0.15) is 13.2 Å². The summed E-state index contributed by atoms with van der Waals surface area (Å²) in [5.74, 6) is 1.74. The summed E-state index contributed by atoms with van der Waals surface area (Å²) in [6.45, 7) is 2.96. The van der Waals surface area contributed by atoms with Crippen LogP contribution in [0.3, 0.4) is 0 Å². The van der Waals surface area contributed by atoms with Crippen molar-refractivity contribution >= 4 is 11.3 Å². The molecule has 2 heterocycles. The Labute approximate surface area is 116 Å². The Morgan fingerprint density at radius 1 is 1.26 bits per heavy atom. The fraction of sp³-hybridized carbons (Fsp3) is 0.357. The lowest BCUT2D eigenvalue weighted by Gasteiger charge is -2.21. The van der Waals surface area contributed by atoms with Crippen molar-refractivity contribution in [1.29, 1.82) is 0 Å². The summed E-state index contributed by atoms with van der Waals surface area (Å²) < 4.78 is 11.2. The molecule has 0 spiro atoms. The highest BCUT2D eigenvalue weighted by Gasteiger charge is 2.14. The summed E-state index contributed by atoms with van der Waals surface area (Å²) in [5.41, 5.74) is 4.16. The molecule has 5 heteroatoms. The average Bonchev–Trinajstić information content (AvgIpc) is 2.97. The second-order valence-electron chi connectivity index (χ2n) is 4.35. The number of fused-ring (bicyclic) bond motifs is 1. The first-order valence-electron chi connectivity index (χ1n) is 6.39. The van der Waals surface area contributed by atoms with Gasteiger partial charge in [0.25, 0.3) is 0 Å². The van der Waals surface area contributed by atoms with E-state index >= 15 is 0 Å². The number of para-hydroxylation sites is 1. The van der Waals surface area contributed by atoms with Crippen LogP contribution in [-0.2, 0) is 13.0 Å². The molecule has 1 N–H and O–H groups in total. The molecule has 4 nitrogen and oxygen atoms in total. The van der Waals surface area contributed by atoms with E-state index < -0.39 is 0 Å². The lowest BCUT2D eigenvalue weighted by molar-refractivity contribution is 0.169. The molecule has 0 amide bonds. The Morgan fingerprint density at radius 2 is 2.21 bits per heavy atom. The van der Waals surface area contributed by atoms with Crippen LogP contribution in [0.25, 0.3) is 0 Å². The van der Waals surface area contributed by atoms with Gasteiger partial charge in [0.05, 0.1) is 11.2 Å². The summed E-state index contributed by atoms with van der Waals surface area (Å²) in [6.07, 6.45) is 0.954. The van der Waals surface area contributed by atoms with E-state index in [1.807, 2.05) is 17.6 Å². The monoisotopic (exact) mass is 276 g/mol. The highest BCUT2D eigenvalue weighted by molar-refractivity contribution is 7.07. The number of hydrogen-bond donors (Lipinski definition) is 1. The smallest absolute Gasteiger partial charge is 0.165 e. The van der Waals surface area contributed by atoms with Crippen LogP contribution in [-0.4, -0.2) is 24.7 Å². The largest absolute Gasteiger partial charge is 0.486 e. The summed E-state index contributed by atoms with van der Waals surface area (Å²) >= 11 is 1.64. The first-order valence-corrected chi connectivity index (χ1v) is 7.33. The number of rotatable bonds is 5. The van der Waals surface area contributed by atoms with Gasteiger partial charge in [-0.3, -0.25) is 0 Å². The van der Waals surface area contributed by atoms with Crippen molar-refractivity contribution in [3.8, 4) is 11.5 Å². The molecule has 1 aromatic carbocycles. The van der Waals surface area contributed by atoms with Crippen molar-refractivity contribution in [3.05, 3.63) is 40.3 Å². The topological polar surface area (TPSA) is 43.4 Å². The Kier molecular flexibility index (Phi) is 3.95. The first kappa shape index (κ1) is 12.4. The van der Waals surface area contributed by atoms with Crippen molar-refractivity contribution in [3.63, 3.8) is 0 Å². The van der Waals surface area contributed by atoms with Gasteiger partial charge in [-0.1, -0.05) is 12.1 Å². The lowest BCUT2D eigenvalue weighted by Crippen LogP contribution is -2.20. The molecule has 0 radical (unpaired) electrons. The standard InChI is InChI=1S/C14H16N2O2S/c1-2-11(14-13(3-1)17-6-7-18-14)8-15-5-4-12-9-19-10-16-12/h1-3,9-10,15H,4-8H2. The average molecular weight is 276 g/mol. The molecular formula is C14H16N2O2S. The molecule has 0 saturated heterocycles. The molecule has 1 aromatic heterocycles. The number of benzene rings is 1. The maximum Gasteiger partial charge on any atom is 0.165 e. The zero-order chi connectivity index (χ0) is 12.9. The number of ether oxygens (including phenoxy) is 2. The first-order chi connectivity index (χ1) is 9.43. The van der Waals surface area contributed by atoms with Crippen molar-refractivity contribution in [2.75, 3.05) is 19.8 Å². The molecule has 0 bridgehead atoms. The highest BCUT2D eigenvalue weighted by Crippen LogP contribution is 2.33. The summed E-state index contributed by atoms with van der Waals surface area (Å²) in [5, 5.41) is 5.51. The Bertz CT molecular complexity index is 528. The van der Waals surface area contributed by atoms with Crippen molar-refractivity contribution < 1.29 is 9.47 Å². The second kappa shape index (κ2) is 6.04. The van der Waals surface area contributed by atoms with Crippen LogP contribution < -0.4 is 14.8 Å². The summed E-state index contributed by atoms with van der Waals surface area (Å²) in [7, 11) is 0. The van der Waals surface area contributed by atoms with Gasteiger partial charge < -0.3 is 14.8 Å². The number of aromatic nitrogens is 1. The van der Waals surface area contributed by atoms with Gasteiger partial charge in [0, 0.05) is 30.5 Å². The number of nitrogens with one attached hydrogen (secondary N) is 1. The van der Waals surface area contributed by atoms with E-state index in [-0.39, 0.29) is 0 Å². The van der Waals surface area contributed by atoms with Gasteiger partial charge in [-0.05, 0) is 6.07 Å². The quantitative estimate of drug-likeness (QED) is 0.851. The third-order valence-electron chi connectivity index (χ3n) is 3.00. The zero-order valence-electron chi connectivity index (χ0n) is 10.6. The predicted molar refractivity (Wildman–Crippen MR) is 75.0 cm³/mol. The van der Waals surface area contributed by atoms with E-state index in [0.717, 1.165) is 42.3 Å². The van der Waals surface area contributed by atoms with Crippen molar-refractivity contribution in [2.24, 2.45) is 0 Å². The Hall–Kier alpha value is -1.59.